The average Bonchev–Trinajstić information content (AvgIpc) is 3.27. The number of ether oxygens (including phenoxy) is 1. The molecule has 0 radical (unpaired) electrons. The van der Waals surface area contributed by atoms with Gasteiger partial charge in [0.15, 0.2) is 0 Å². The third-order valence-corrected chi connectivity index (χ3v) is 5.38. The lowest BCUT2D eigenvalue weighted by atomic mass is 10.1. The molecule has 2 aromatic heterocycles. The Kier molecular flexibility index (Phi) is 6.17. The zero-order valence-electron chi connectivity index (χ0n) is 16.8. The van der Waals surface area contributed by atoms with Crippen LogP contribution in [0.5, 0.6) is 0 Å². The number of aromatic amines is 1. The molecule has 3 aromatic rings. The van der Waals surface area contributed by atoms with Crippen molar-refractivity contribution in [2.24, 2.45) is 0 Å². The summed E-state index contributed by atoms with van der Waals surface area (Å²) in [7, 11) is 0. The molecular weight excluding hydrogens is 366 g/mol. The van der Waals surface area contributed by atoms with Crippen molar-refractivity contribution < 1.29 is 4.74 Å². The van der Waals surface area contributed by atoms with Gasteiger partial charge in [-0.05, 0) is 18.1 Å². The zero-order valence-corrected chi connectivity index (χ0v) is 16.8. The van der Waals surface area contributed by atoms with Gasteiger partial charge in [-0.25, -0.2) is 4.98 Å². The second kappa shape index (κ2) is 9.15. The van der Waals surface area contributed by atoms with E-state index in [0.717, 1.165) is 44.0 Å². The molecule has 1 atom stereocenters. The van der Waals surface area contributed by atoms with Crippen LogP contribution in [0.15, 0.2) is 53.6 Å². The molecule has 1 aliphatic rings. The largest absolute Gasteiger partial charge is 0.378 e. The van der Waals surface area contributed by atoms with Crippen LogP contribution in [0.3, 0.4) is 0 Å². The predicted octanol–water partition coefficient (Wildman–Crippen LogP) is 2.49. The number of H-pyrrole nitrogens is 1. The van der Waals surface area contributed by atoms with Crippen LogP contribution in [0.2, 0.25) is 0 Å². The van der Waals surface area contributed by atoms with E-state index < -0.39 is 0 Å². The van der Waals surface area contributed by atoms with E-state index in [0.29, 0.717) is 24.8 Å². The van der Waals surface area contributed by atoms with E-state index in [1.54, 1.807) is 12.3 Å². The van der Waals surface area contributed by atoms with Crippen molar-refractivity contribution in [3.05, 3.63) is 70.4 Å². The summed E-state index contributed by atoms with van der Waals surface area (Å²) in [6, 6.07) is 12.2. The number of benzene rings is 1. The molecule has 3 heterocycles. The molecule has 1 N–H and O–H groups in total. The van der Waals surface area contributed by atoms with E-state index in [1.807, 2.05) is 29.1 Å². The molecule has 0 amide bonds. The highest BCUT2D eigenvalue weighted by Gasteiger charge is 2.21. The molecule has 0 aliphatic carbocycles. The fourth-order valence-corrected chi connectivity index (χ4v) is 3.71. The summed E-state index contributed by atoms with van der Waals surface area (Å²) in [6.07, 6.45) is 5.41. The molecule has 29 heavy (non-hydrogen) atoms. The van der Waals surface area contributed by atoms with Crippen LogP contribution < -0.4 is 5.56 Å². The van der Waals surface area contributed by atoms with Gasteiger partial charge in [0.1, 0.15) is 5.82 Å². The fourth-order valence-electron chi connectivity index (χ4n) is 3.71. The minimum Gasteiger partial charge on any atom is -0.378 e. The van der Waals surface area contributed by atoms with E-state index in [-0.39, 0.29) is 5.56 Å². The van der Waals surface area contributed by atoms with Gasteiger partial charge in [0.2, 0.25) is 0 Å². The molecule has 7 nitrogen and oxygen atoms in total. The topological polar surface area (TPSA) is 76.0 Å². The Morgan fingerprint density at radius 1 is 1.28 bits per heavy atom. The Hall–Kier alpha value is -2.77. The SMILES string of the molecule is CC[C@H]1COCCN1Cc1ccc(-c2nc(CCn3cccn3)cc(=O)[nH]2)cc1. The molecule has 4 rings (SSSR count). The van der Waals surface area contributed by atoms with Gasteiger partial charge >= 0.3 is 0 Å². The Labute approximate surface area is 170 Å². The van der Waals surface area contributed by atoms with E-state index in [2.05, 4.69) is 39.0 Å². The van der Waals surface area contributed by atoms with Crippen LogP contribution in [-0.2, 0) is 24.2 Å². The van der Waals surface area contributed by atoms with E-state index in [4.69, 9.17) is 4.74 Å². The van der Waals surface area contributed by atoms with E-state index in [9.17, 15) is 4.79 Å². The molecule has 152 valence electrons. The molecule has 0 unspecified atom stereocenters. The summed E-state index contributed by atoms with van der Waals surface area (Å²) >= 11 is 0. The second-order valence-electron chi connectivity index (χ2n) is 7.41. The summed E-state index contributed by atoms with van der Waals surface area (Å²) in [4.78, 5) is 22.1. The zero-order chi connectivity index (χ0) is 20.1. The van der Waals surface area contributed by atoms with Crippen molar-refractivity contribution in [1.82, 2.24) is 24.6 Å². The van der Waals surface area contributed by atoms with Gasteiger partial charge in [0.05, 0.1) is 18.9 Å². The van der Waals surface area contributed by atoms with Crippen molar-refractivity contribution in [3.8, 4) is 11.4 Å². The van der Waals surface area contributed by atoms with Crippen LogP contribution in [0.25, 0.3) is 11.4 Å². The molecule has 1 saturated heterocycles. The normalized spacial score (nSPS) is 17.5. The molecule has 0 spiro atoms. The smallest absolute Gasteiger partial charge is 0.251 e. The number of aromatic nitrogens is 4. The van der Waals surface area contributed by atoms with Crippen molar-refractivity contribution in [2.75, 3.05) is 19.8 Å². The van der Waals surface area contributed by atoms with Gasteiger partial charge in [0.25, 0.3) is 5.56 Å². The number of nitrogens with zero attached hydrogens (tertiary/aromatic N) is 4. The molecular formula is C22H27N5O2. The van der Waals surface area contributed by atoms with Crippen molar-refractivity contribution in [3.63, 3.8) is 0 Å². The van der Waals surface area contributed by atoms with Crippen LogP contribution in [-0.4, -0.2) is 50.4 Å². The summed E-state index contributed by atoms with van der Waals surface area (Å²) < 4.78 is 7.43. The summed E-state index contributed by atoms with van der Waals surface area (Å²) in [5.74, 6) is 0.609. The lowest BCUT2D eigenvalue weighted by molar-refractivity contribution is -0.0127. The highest BCUT2D eigenvalue weighted by atomic mass is 16.5. The van der Waals surface area contributed by atoms with E-state index >= 15 is 0 Å². The highest BCUT2D eigenvalue weighted by Crippen LogP contribution is 2.18. The van der Waals surface area contributed by atoms with Crippen molar-refractivity contribution >= 4 is 0 Å². The first-order valence-electron chi connectivity index (χ1n) is 10.2. The number of aryl methyl sites for hydroxylation is 2. The minimum absolute atomic E-state index is 0.131. The van der Waals surface area contributed by atoms with Gasteiger partial charge in [-0.15, -0.1) is 0 Å². The molecule has 0 bridgehead atoms. The van der Waals surface area contributed by atoms with Crippen molar-refractivity contribution in [2.45, 2.75) is 38.9 Å². The number of hydrogen-bond acceptors (Lipinski definition) is 5. The third kappa shape index (κ3) is 4.99. The number of rotatable bonds is 7. The molecule has 7 heteroatoms. The average molecular weight is 393 g/mol. The monoisotopic (exact) mass is 393 g/mol. The first-order chi connectivity index (χ1) is 14.2. The number of nitrogens with one attached hydrogen (secondary N) is 1. The van der Waals surface area contributed by atoms with Crippen LogP contribution in [0.1, 0.15) is 24.6 Å². The minimum atomic E-state index is -0.131. The van der Waals surface area contributed by atoms with Crippen molar-refractivity contribution in [1.29, 1.82) is 0 Å². The van der Waals surface area contributed by atoms with Crippen LogP contribution >= 0.6 is 0 Å². The highest BCUT2D eigenvalue weighted by molar-refractivity contribution is 5.55. The summed E-state index contributed by atoms with van der Waals surface area (Å²) in [5.41, 5.74) is 2.81. The maximum absolute atomic E-state index is 12.1. The molecule has 1 fully saturated rings. The number of morpholine rings is 1. The second-order valence-corrected chi connectivity index (χ2v) is 7.41. The maximum Gasteiger partial charge on any atom is 0.251 e. The van der Waals surface area contributed by atoms with Crippen LogP contribution in [0, 0.1) is 0 Å². The lowest BCUT2D eigenvalue weighted by Crippen LogP contribution is -2.44. The Bertz CT molecular complexity index is 966. The number of hydrogen-bond donors (Lipinski definition) is 1. The quantitative estimate of drug-likeness (QED) is 0.667. The van der Waals surface area contributed by atoms with Crippen LogP contribution in [0.4, 0.5) is 0 Å². The van der Waals surface area contributed by atoms with Gasteiger partial charge in [-0.1, -0.05) is 31.2 Å². The molecule has 1 aromatic carbocycles. The predicted molar refractivity (Wildman–Crippen MR) is 112 cm³/mol. The van der Waals surface area contributed by atoms with Gasteiger partial charge in [-0.3, -0.25) is 14.4 Å². The third-order valence-electron chi connectivity index (χ3n) is 5.38. The van der Waals surface area contributed by atoms with E-state index in [1.165, 1.54) is 5.56 Å². The standard InChI is InChI=1S/C22H27N5O2/c1-2-20-16-29-13-12-26(20)15-17-4-6-18(7-5-17)22-24-19(14-21(28)25-22)8-11-27-10-3-9-23-27/h3-7,9-10,14,20H,2,8,11-13,15-16H2,1H3,(H,24,25,28)/t20-/m0/s1. The Morgan fingerprint density at radius 2 is 2.14 bits per heavy atom. The summed E-state index contributed by atoms with van der Waals surface area (Å²) in [5, 5.41) is 4.19. The van der Waals surface area contributed by atoms with Gasteiger partial charge in [0, 0.05) is 56.1 Å². The first kappa shape index (κ1) is 19.5. The summed E-state index contributed by atoms with van der Waals surface area (Å²) in [6.45, 7) is 6.39. The fraction of sp³-hybridized carbons (Fsp3) is 0.409. The molecule has 1 aliphatic heterocycles. The Morgan fingerprint density at radius 3 is 2.90 bits per heavy atom. The van der Waals surface area contributed by atoms with Gasteiger partial charge < -0.3 is 9.72 Å². The maximum atomic E-state index is 12.1. The Balaban J connectivity index is 1.46. The molecule has 0 saturated carbocycles. The van der Waals surface area contributed by atoms with Gasteiger partial charge in [-0.2, -0.15) is 5.10 Å². The lowest BCUT2D eigenvalue weighted by Gasteiger charge is -2.35. The first-order valence-corrected chi connectivity index (χ1v) is 10.2.